The van der Waals surface area contributed by atoms with Gasteiger partial charge in [0.25, 0.3) is 5.70 Å². The molecule has 0 amide bonds. The molecule has 14 heavy (non-hydrogen) atoms. The monoisotopic (exact) mass is 192 g/mol. The van der Waals surface area contributed by atoms with E-state index in [-0.39, 0.29) is 10.6 Å². The molecule has 0 N–H and O–H groups in total. The zero-order chi connectivity index (χ0) is 10.6. The second-order valence-electron chi connectivity index (χ2n) is 3.10. The Morgan fingerprint density at radius 3 is 2.36 bits per heavy atom. The van der Waals surface area contributed by atoms with Crippen LogP contribution < -0.4 is 0 Å². The van der Waals surface area contributed by atoms with Crippen molar-refractivity contribution in [1.29, 1.82) is 0 Å². The first-order valence-electron chi connectivity index (χ1n) is 4.19. The van der Waals surface area contributed by atoms with Crippen molar-refractivity contribution >= 4 is 5.70 Å². The largest absolute Gasteiger partial charge is 0.378 e. The van der Waals surface area contributed by atoms with E-state index in [4.69, 9.17) is 0 Å². The first kappa shape index (κ1) is 10.2. The Labute approximate surface area is 82.6 Å². The lowest BCUT2D eigenvalue weighted by molar-refractivity contribution is -0.376. The molecule has 0 radical (unpaired) electrons. The Balaban J connectivity index is 3.08. The second-order valence-corrected chi connectivity index (χ2v) is 3.10. The molecule has 0 spiro atoms. The molecule has 0 aliphatic rings. The van der Waals surface area contributed by atoms with Crippen LogP contribution in [0.1, 0.15) is 5.56 Å². The molecular formula is C10H12N2O2. The third kappa shape index (κ3) is 2.58. The van der Waals surface area contributed by atoms with E-state index in [9.17, 15) is 10.1 Å². The molecule has 0 aromatic heterocycles. The van der Waals surface area contributed by atoms with Crippen molar-refractivity contribution in [3.63, 3.8) is 0 Å². The van der Waals surface area contributed by atoms with E-state index in [2.05, 4.69) is 0 Å². The van der Waals surface area contributed by atoms with E-state index in [1.165, 1.54) is 6.20 Å². The van der Waals surface area contributed by atoms with Crippen LogP contribution in [-0.2, 0) is 0 Å². The van der Waals surface area contributed by atoms with Crippen molar-refractivity contribution in [2.24, 2.45) is 0 Å². The molecule has 0 fully saturated rings. The molecule has 0 saturated carbocycles. The van der Waals surface area contributed by atoms with Crippen LogP contribution in [0, 0.1) is 10.1 Å². The topological polar surface area (TPSA) is 46.4 Å². The first-order valence-corrected chi connectivity index (χ1v) is 4.19. The lowest BCUT2D eigenvalue weighted by atomic mass is 10.2. The number of benzene rings is 1. The summed E-state index contributed by atoms with van der Waals surface area (Å²) in [5.41, 5.74) is 0.724. The number of nitro groups is 1. The quantitative estimate of drug-likeness (QED) is 0.542. The van der Waals surface area contributed by atoms with Gasteiger partial charge in [-0.25, -0.2) is 0 Å². The van der Waals surface area contributed by atoms with Crippen LogP contribution >= 0.6 is 0 Å². The first-order chi connectivity index (χ1) is 6.61. The average Bonchev–Trinajstić information content (AvgIpc) is 2.15. The predicted molar refractivity (Wildman–Crippen MR) is 55.1 cm³/mol. The van der Waals surface area contributed by atoms with Crippen LogP contribution in [0.2, 0.25) is 0 Å². The van der Waals surface area contributed by atoms with E-state index in [1.807, 2.05) is 6.07 Å². The maximum atomic E-state index is 10.7. The van der Waals surface area contributed by atoms with E-state index in [1.54, 1.807) is 43.3 Å². The lowest BCUT2D eigenvalue weighted by Crippen LogP contribution is -2.07. The fourth-order valence-corrected chi connectivity index (χ4v) is 1.08. The maximum Gasteiger partial charge on any atom is 0.292 e. The summed E-state index contributed by atoms with van der Waals surface area (Å²) in [5.74, 6) is 0. The third-order valence-electron chi connectivity index (χ3n) is 1.65. The molecule has 4 heteroatoms. The van der Waals surface area contributed by atoms with Gasteiger partial charge in [-0.15, -0.1) is 0 Å². The molecule has 0 saturated heterocycles. The van der Waals surface area contributed by atoms with Gasteiger partial charge in [0.15, 0.2) is 0 Å². The zero-order valence-electron chi connectivity index (χ0n) is 8.18. The van der Waals surface area contributed by atoms with Gasteiger partial charge in [0.05, 0.1) is 16.7 Å². The second kappa shape index (κ2) is 4.41. The summed E-state index contributed by atoms with van der Waals surface area (Å²) in [4.78, 5) is 12.0. The van der Waals surface area contributed by atoms with Crippen LogP contribution in [0.15, 0.2) is 36.5 Å². The molecule has 0 unspecified atom stereocenters. The summed E-state index contributed by atoms with van der Waals surface area (Å²) >= 11 is 0. The predicted octanol–water partition coefficient (Wildman–Crippen LogP) is 1.82. The van der Waals surface area contributed by atoms with Crippen LogP contribution in [-0.4, -0.2) is 23.9 Å². The molecule has 1 aromatic rings. The highest BCUT2D eigenvalue weighted by Gasteiger charge is 2.13. The number of hydrogen-bond acceptors (Lipinski definition) is 3. The Morgan fingerprint density at radius 1 is 1.36 bits per heavy atom. The molecular weight excluding hydrogens is 180 g/mol. The molecule has 0 aliphatic heterocycles. The maximum absolute atomic E-state index is 10.7. The summed E-state index contributed by atoms with van der Waals surface area (Å²) < 4.78 is 0. The average molecular weight is 192 g/mol. The van der Waals surface area contributed by atoms with Crippen LogP contribution in [0.3, 0.4) is 0 Å². The fraction of sp³-hybridized carbons (Fsp3) is 0.200. The van der Waals surface area contributed by atoms with Crippen molar-refractivity contribution in [2.75, 3.05) is 14.1 Å². The molecule has 74 valence electrons. The van der Waals surface area contributed by atoms with Crippen molar-refractivity contribution in [3.05, 3.63) is 52.2 Å². The van der Waals surface area contributed by atoms with E-state index in [0.29, 0.717) is 5.56 Å². The van der Waals surface area contributed by atoms with Gasteiger partial charge in [0, 0.05) is 14.1 Å². The smallest absolute Gasteiger partial charge is 0.292 e. The third-order valence-corrected chi connectivity index (χ3v) is 1.65. The van der Waals surface area contributed by atoms with Gasteiger partial charge in [-0.05, 0) is 12.1 Å². The van der Waals surface area contributed by atoms with Gasteiger partial charge >= 0.3 is 0 Å². The molecule has 1 rings (SSSR count). The normalized spacial score (nSPS) is 11.1. The summed E-state index contributed by atoms with van der Waals surface area (Å²) in [7, 11) is 3.51. The molecule has 0 aliphatic carbocycles. The summed E-state index contributed by atoms with van der Waals surface area (Å²) in [5, 5.41) is 10.7. The van der Waals surface area contributed by atoms with Crippen LogP contribution in [0.4, 0.5) is 0 Å². The highest BCUT2D eigenvalue weighted by atomic mass is 16.6. The van der Waals surface area contributed by atoms with E-state index in [0.717, 1.165) is 0 Å². The number of hydrogen-bond donors (Lipinski definition) is 0. The van der Waals surface area contributed by atoms with Crippen LogP contribution in [0.25, 0.3) is 5.70 Å². The minimum atomic E-state index is -0.380. The SMILES string of the molecule is CN(C)/C=C(\c1ccccc1)[N+](=O)[O-]. The Hall–Kier alpha value is -1.84. The van der Waals surface area contributed by atoms with Crippen LogP contribution in [0.5, 0.6) is 0 Å². The number of rotatable bonds is 3. The van der Waals surface area contributed by atoms with Gasteiger partial charge in [0.1, 0.15) is 0 Å². The Bertz CT molecular complexity index is 344. The zero-order valence-corrected chi connectivity index (χ0v) is 8.18. The van der Waals surface area contributed by atoms with E-state index >= 15 is 0 Å². The summed E-state index contributed by atoms with van der Waals surface area (Å²) in [6.07, 6.45) is 1.50. The minimum absolute atomic E-state index is 0.107. The van der Waals surface area contributed by atoms with Gasteiger partial charge < -0.3 is 4.90 Å². The highest BCUT2D eigenvalue weighted by Crippen LogP contribution is 2.14. The van der Waals surface area contributed by atoms with Crippen molar-refractivity contribution < 1.29 is 4.92 Å². The standard InChI is InChI=1S/C10H12N2O2/c1-11(2)8-10(12(13)14)9-6-4-3-5-7-9/h3-8H,1-2H3/b10-8+. The van der Waals surface area contributed by atoms with Crippen molar-refractivity contribution in [3.8, 4) is 0 Å². The van der Waals surface area contributed by atoms with E-state index < -0.39 is 0 Å². The molecule has 1 aromatic carbocycles. The Kier molecular flexibility index (Phi) is 3.23. The minimum Gasteiger partial charge on any atom is -0.378 e. The summed E-state index contributed by atoms with van der Waals surface area (Å²) in [6, 6.07) is 8.83. The molecule has 0 atom stereocenters. The van der Waals surface area contributed by atoms with Gasteiger partial charge in [-0.1, -0.05) is 18.2 Å². The molecule has 4 nitrogen and oxygen atoms in total. The fourth-order valence-electron chi connectivity index (χ4n) is 1.08. The molecule has 0 bridgehead atoms. The summed E-state index contributed by atoms with van der Waals surface area (Å²) in [6.45, 7) is 0. The van der Waals surface area contributed by atoms with Crippen molar-refractivity contribution in [1.82, 2.24) is 4.90 Å². The molecule has 0 heterocycles. The van der Waals surface area contributed by atoms with Crippen molar-refractivity contribution in [2.45, 2.75) is 0 Å². The lowest BCUT2D eigenvalue weighted by Gasteiger charge is -2.05. The number of nitrogens with zero attached hydrogens (tertiary/aromatic N) is 2. The Morgan fingerprint density at radius 2 is 1.93 bits per heavy atom. The van der Waals surface area contributed by atoms with Gasteiger partial charge in [-0.2, -0.15) is 0 Å². The highest BCUT2D eigenvalue weighted by molar-refractivity contribution is 5.57. The van der Waals surface area contributed by atoms with Gasteiger partial charge in [0.2, 0.25) is 0 Å². The van der Waals surface area contributed by atoms with Gasteiger partial charge in [-0.3, -0.25) is 10.1 Å².